The van der Waals surface area contributed by atoms with Crippen molar-refractivity contribution in [3.05, 3.63) is 36.0 Å². The first kappa shape index (κ1) is 23.3. The molecule has 164 valence electrons. The summed E-state index contributed by atoms with van der Waals surface area (Å²) >= 11 is 0. The molecule has 0 radical (unpaired) electrons. The number of carbonyl (C=O) groups is 3. The Labute approximate surface area is 176 Å². The maximum Gasteiger partial charge on any atom is 0.419 e. The molecule has 0 bridgehead atoms. The molecule has 30 heavy (non-hydrogen) atoms. The number of hydrogen-bond acceptors (Lipinski definition) is 5. The van der Waals surface area contributed by atoms with E-state index in [2.05, 4.69) is 0 Å². The lowest BCUT2D eigenvalue weighted by atomic mass is 10.0. The SMILES string of the molecule is CN(C(=O)OC(C)(C)C)[C@H](Cc1cn(C(=O)OC(C)(C)C)c2ccccc12)C(=O)O. The summed E-state index contributed by atoms with van der Waals surface area (Å²) in [7, 11) is 1.39. The van der Waals surface area contributed by atoms with Crippen molar-refractivity contribution in [3.63, 3.8) is 0 Å². The van der Waals surface area contributed by atoms with Crippen LogP contribution in [0.4, 0.5) is 9.59 Å². The van der Waals surface area contributed by atoms with Gasteiger partial charge in [0.2, 0.25) is 0 Å². The van der Waals surface area contributed by atoms with E-state index in [0.717, 1.165) is 4.90 Å². The highest BCUT2D eigenvalue weighted by Crippen LogP contribution is 2.25. The molecule has 0 aliphatic heterocycles. The Morgan fingerprint density at radius 3 is 2.13 bits per heavy atom. The Balaban J connectivity index is 2.40. The van der Waals surface area contributed by atoms with Gasteiger partial charge in [-0.1, -0.05) is 18.2 Å². The number of carboxylic acids is 1. The van der Waals surface area contributed by atoms with Gasteiger partial charge in [0, 0.05) is 25.1 Å². The van der Waals surface area contributed by atoms with Crippen molar-refractivity contribution in [1.82, 2.24) is 9.47 Å². The average molecular weight is 418 g/mol. The fourth-order valence-corrected chi connectivity index (χ4v) is 2.93. The zero-order valence-electron chi connectivity index (χ0n) is 18.6. The third-order valence-corrected chi connectivity index (χ3v) is 4.23. The molecule has 1 N–H and O–H groups in total. The standard InChI is InChI=1S/C22H30N2O6/c1-21(2,3)29-19(27)23(7)17(18(25)26)12-14-13-24(20(28)30-22(4,5)6)16-11-9-8-10-15(14)16/h8-11,13,17H,12H2,1-7H3,(H,25,26)/t17-/m1/s1. The van der Waals surface area contributed by atoms with E-state index in [0.29, 0.717) is 16.5 Å². The number of rotatable bonds is 4. The molecule has 1 aromatic heterocycles. The number of carbonyl (C=O) groups excluding carboxylic acids is 2. The quantitative estimate of drug-likeness (QED) is 0.795. The van der Waals surface area contributed by atoms with Crippen LogP contribution in [0, 0.1) is 0 Å². The topological polar surface area (TPSA) is 98.1 Å². The molecule has 1 amide bonds. The van der Waals surface area contributed by atoms with Crippen LogP contribution in [0.3, 0.4) is 0 Å². The molecule has 1 heterocycles. The van der Waals surface area contributed by atoms with Gasteiger partial charge in [-0.15, -0.1) is 0 Å². The number of para-hydroxylation sites is 1. The molecule has 2 aromatic rings. The van der Waals surface area contributed by atoms with Crippen LogP contribution in [-0.4, -0.2) is 57.0 Å². The normalized spacial score (nSPS) is 13.0. The molecule has 0 spiro atoms. The van der Waals surface area contributed by atoms with E-state index in [4.69, 9.17) is 9.47 Å². The summed E-state index contributed by atoms with van der Waals surface area (Å²) < 4.78 is 12.1. The molecule has 8 heteroatoms. The number of ether oxygens (including phenoxy) is 2. The fraction of sp³-hybridized carbons (Fsp3) is 0.500. The van der Waals surface area contributed by atoms with Crippen molar-refractivity contribution < 1.29 is 29.0 Å². The van der Waals surface area contributed by atoms with Crippen molar-refractivity contribution in [1.29, 1.82) is 0 Å². The van der Waals surface area contributed by atoms with Crippen LogP contribution in [0.25, 0.3) is 10.9 Å². The average Bonchev–Trinajstić information content (AvgIpc) is 2.94. The molecule has 8 nitrogen and oxygen atoms in total. The van der Waals surface area contributed by atoms with Gasteiger partial charge in [0.25, 0.3) is 0 Å². The van der Waals surface area contributed by atoms with Gasteiger partial charge < -0.3 is 14.6 Å². The molecule has 2 rings (SSSR count). The molecular weight excluding hydrogens is 388 g/mol. The third kappa shape index (κ3) is 5.75. The van der Waals surface area contributed by atoms with Crippen LogP contribution in [0.2, 0.25) is 0 Å². The first-order valence-electron chi connectivity index (χ1n) is 9.70. The second-order valence-corrected chi connectivity index (χ2v) is 9.17. The number of aliphatic carboxylic acids is 1. The number of amides is 1. The summed E-state index contributed by atoms with van der Waals surface area (Å²) in [6.45, 7) is 10.4. The zero-order valence-corrected chi connectivity index (χ0v) is 18.6. The summed E-state index contributed by atoms with van der Waals surface area (Å²) in [5, 5.41) is 10.5. The molecule has 1 atom stereocenters. The molecule has 0 saturated heterocycles. The molecule has 0 aliphatic carbocycles. The third-order valence-electron chi connectivity index (χ3n) is 4.23. The number of nitrogens with zero attached hydrogens (tertiary/aromatic N) is 2. The van der Waals surface area contributed by atoms with Crippen LogP contribution in [0.15, 0.2) is 30.5 Å². The van der Waals surface area contributed by atoms with E-state index in [1.807, 2.05) is 0 Å². The molecular formula is C22H30N2O6. The maximum atomic E-state index is 12.6. The van der Waals surface area contributed by atoms with Crippen LogP contribution in [0.5, 0.6) is 0 Å². The Hall–Kier alpha value is -3.03. The van der Waals surface area contributed by atoms with Crippen molar-refractivity contribution in [2.45, 2.75) is 65.2 Å². The van der Waals surface area contributed by atoms with Crippen molar-refractivity contribution in [2.75, 3.05) is 7.05 Å². The summed E-state index contributed by atoms with van der Waals surface area (Å²) in [5.41, 5.74) is -0.213. The summed E-state index contributed by atoms with van der Waals surface area (Å²) in [6, 6.07) is 5.99. The summed E-state index contributed by atoms with van der Waals surface area (Å²) in [4.78, 5) is 38.0. The van der Waals surface area contributed by atoms with Crippen molar-refractivity contribution in [2.24, 2.45) is 0 Å². The van der Waals surface area contributed by atoms with Crippen LogP contribution >= 0.6 is 0 Å². The number of fused-ring (bicyclic) bond motifs is 1. The van der Waals surface area contributed by atoms with Crippen LogP contribution in [0.1, 0.15) is 47.1 Å². The smallest absolute Gasteiger partial charge is 0.419 e. The first-order chi connectivity index (χ1) is 13.7. The van der Waals surface area contributed by atoms with Crippen molar-refractivity contribution >= 4 is 29.1 Å². The van der Waals surface area contributed by atoms with Gasteiger partial charge in [-0.2, -0.15) is 0 Å². The fourth-order valence-electron chi connectivity index (χ4n) is 2.93. The van der Waals surface area contributed by atoms with Gasteiger partial charge in [0.05, 0.1) is 5.52 Å². The number of likely N-dealkylation sites (N-methyl/N-ethyl adjacent to an activating group) is 1. The monoisotopic (exact) mass is 418 g/mol. The predicted octanol–water partition coefficient (Wildman–Crippen LogP) is 4.29. The molecule has 0 aliphatic rings. The van der Waals surface area contributed by atoms with Gasteiger partial charge in [0.15, 0.2) is 0 Å². The Kier molecular flexibility index (Phi) is 6.49. The molecule has 0 fully saturated rings. The predicted molar refractivity (Wildman–Crippen MR) is 113 cm³/mol. The van der Waals surface area contributed by atoms with Crippen molar-refractivity contribution in [3.8, 4) is 0 Å². The van der Waals surface area contributed by atoms with Crippen LogP contribution < -0.4 is 0 Å². The van der Waals surface area contributed by atoms with E-state index >= 15 is 0 Å². The van der Waals surface area contributed by atoms with E-state index in [1.165, 1.54) is 11.6 Å². The zero-order chi connectivity index (χ0) is 22.9. The highest BCUT2D eigenvalue weighted by atomic mass is 16.6. The van der Waals surface area contributed by atoms with E-state index < -0.39 is 35.4 Å². The molecule has 0 unspecified atom stereocenters. The number of aromatic nitrogens is 1. The first-order valence-corrected chi connectivity index (χ1v) is 9.70. The minimum absolute atomic E-state index is 0.00138. The maximum absolute atomic E-state index is 12.6. The Morgan fingerprint density at radius 2 is 1.60 bits per heavy atom. The minimum atomic E-state index is -1.17. The number of carboxylic acid groups (broad SMARTS) is 1. The lowest BCUT2D eigenvalue weighted by molar-refractivity contribution is -0.142. The van der Waals surface area contributed by atoms with Crippen LogP contribution in [-0.2, 0) is 20.7 Å². The largest absolute Gasteiger partial charge is 0.480 e. The van der Waals surface area contributed by atoms with Gasteiger partial charge in [-0.25, -0.2) is 14.4 Å². The highest BCUT2D eigenvalue weighted by Gasteiger charge is 2.31. The van der Waals surface area contributed by atoms with E-state index in [1.54, 1.807) is 72.0 Å². The van der Waals surface area contributed by atoms with Gasteiger partial charge >= 0.3 is 18.2 Å². The number of benzene rings is 1. The lowest BCUT2D eigenvalue weighted by Gasteiger charge is -2.28. The molecule has 1 aromatic carbocycles. The second-order valence-electron chi connectivity index (χ2n) is 9.17. The van der Waals surface area contributed by atoms with Gasteiger partial charge in [-0.3, -0.25) is 9.47 Å². The Morgan fingerprint density at radius 1 is 1.03 bits per heavy atom. The summed E-state index contributed by atoms with van der Waals surface area (Å²) in [6.07, 6.45) is 0.280. The minimum Gasteiger partial charge on any atom is -0.480 e. The van der Waals surface area contributed by atoms with Gasteiger partial charge in [0.1, 0.15) is 17.2 Å². The lowest BCUT2D eigenvalue weighted by Crippen LogP contribution is -2.46. The van der Waals surface area contributed by atoms with E-state index in [9.17, 15) is 19.5 Å². The Bertz CT molecular complexity index is 949. The van der Waals surface area contributed by atoms with E-state index in [-0.39, 0.29) is 6.42 Å². The second kappa shape index (κ2) is 8.38. The van der Waals surface area contributed by atoms with Gasteiger partial charge in [-0.05, 0) is 53.2 Å². The highest BCUT2D eigenvalue weighted by molar-refractivity contribution is 5.92. The molecule has 0 saturated carbocycles. The summed E-state index contributed by atoms with van der Waals surface area (Å²) in [5.74, 6) is -1.17. The number of hydrogen-bond donors (Lipinski definition) is 1.